The maximum Gasteiger partial charge on any atom is 0.0992 e. The summed E-state index contributed by atoms with van der Waals surface area (Å²) in [6, 6.07) is 7.28. The molecular formula is C13H15ClN2O. The summed E-state index contributed by atoms with van der Waals surface area (Å²) in [5.41, 5.74) is 1.50. The Morgan fingerprint density at radius 3 is 2.82 bits per heavy atom. The molecule has 0 saturated heterocycles. The van der Waals surface area contributed by atoms with Crippen LogP contribution in [0.25, 0.3) is 0 Å². The van der Waals surface area contributed by atoms with Gasteiger partial charge in [0.2, 0.25) is 0 Å². The third-order valence-electron chi connectivity index (χ3n) is 2.38. The van der Waals surface area contributed by atoms with Gasteiger partial charge >= 0.3 is 0 Å². The van der Waals surface area contributed by atoms with Crippen molar-refractivity contribution in [1.82, 2.24) is 4.90 Å². The van der Waals surface area contributed by atoms with E-state index in [9.17, 15) is 0 Å². The van der Waals surface area contributed by atoms with Crippen LogP contribution in [0.1, 0.15) is 11.1 Å². The molecule has 0 aliphatic rings. The fraction of sp³-hybridized carbons (Fsp3) is 0.308. The largest absolute Gasteiger partial charge is 0.395 e. The number of halogens is 1. The lowest BCUT2D eigenvalue weighted by Crippen LogP contribution is -2.26. The smallest absolute Gasteiger partial charge is 0.0992 e. The van der Waals surface area contributed by atoms with Crippen molar-refractivity contribution in [2.75, 3.05) is 19.7 Å². The third kappa shape index (κ3) is 4.20. The number of rotatable bonds is 6. The van der Waals surface area contributed by atoms with Crippen molar-refractivity contribution < 1.29 is 5.11 Å². The average molecular weight is 251 g/mol. The summed E-state index contributed by atoms with van der Waals surface area (Å²) in [6.07, 6.45) is 1.78. The van der Waals surface area contributed by atoms with Gasteiger partial charge in [-0.1, -0.05) is 23.7 Å². The summed E-state index contributed by atoms with van der Waals surface area (Å²) in [5, 5.41) is 18.3. The number of benzene rings is 1. The minimum absolute atomic E-state index is 0.0989. The van der Waals surface area contributed by atoms with E-state index in [-0.39, 0.29) is 6.61 Å². The van der Waals surface area contributed by atoms with Crippen molar-refractivity contribution in [3.05, 3.63) is 47.0 Å². The Balaban J connectivity index is 2.78. The number of hydrogen-bond donors (Lipinski definition) is 1. The van der Waals surface area contributed by atoms with E-state index < -0.39 is 0 Å². The molecule has 1 aromatic carbocycles. The van der Waals surface area contributed by atoms with Crippen molar-refractivity contribution in [1.29, 1.82) is 5.26 Å². The Morgan fingerprint density at radius 1 is 1.53 bits per heavy atom. The van der Waals surface area contributed by atoms with Gasteiger partial charge in [-0.3, -0.25) is 4.90 Å². The van der Waals surface area contributed by atoms with Gasteiger partial charge in [-0.15, -0.1) is 6.58 Å². The monoisotopic (exact) mass is 250 g/mol. The number of hydrogen-bond acceptors (Lipinski definition) is 3. The fourth-order valence-corrected chi connectivity index (χ4v) is 1.79. The molecular weight excluding hydrogens is 236 g/mol. The van der Waals surface area contributed by atoms with Crippen LogP contribution in [0.4, 0.5) is 0 Å². The Bertz CT molecular complexity index is 426. The summed E-state index contributed by atoms with van der Waals surface area (Å²) in [5.74, 6) is 0. The third-order valence-corrected chi connectivity index (χ3v) is 2.73. The minimum Gasteiger partial charge on any atom is -0.395 e. The van der Waals surface area contributed by atoms with Gasteiger partial charge in [0.1, 0.15) is 0 Å². The zero-order valence-corrected chi connectivity index (χ0v) is 10.3. The summed E-state index contributed by atoms with van der Waals surface area (Å²) < 4.78 is 0. The highest BCUT2D eigenvalue weighted by molar-refractivity contribution is 6.31. The molecule has 0 atom stereocenters. The van der Waals surface area contributed by atoms with E-state index in [1.165, 1.54) is 0 Å². The van der Waals surface area contributed by atoms with Crippen LogP contribution < -0.4 is 0 Å². The van der Waals surface area contributed by atoms with Gasteiger partial charge in [-0.2, -0.15) is 5.26 Å². The van der Waals surface area contributed by atoms with Crippen LogP contribution in [0.15, 0.2) is 30.9 Å². The lowest BCUT2D eigenvalue weighted by Gasteiger charge is -2.20. The molecule has 1 rings (SSSR count). The van der Waals surface area contributed by atoms with Crippen molar-refractivity contribution >= 4 is 11.6 Å². The summed E-state index contributed by atoms with van der Waals surface area (Å²) in [7, 11) is 0. The van der Waals surface area contributed by atoms with E-state index in [1.807, 2.05) is 17.0 Å². The summed E-state index contributed by atoms with van der Waals surface area (Å²) in [4.78, 5) is 2.03. The van der Waals surface area contributed by atoms with Crippen LogP contribution >= 0.6 is 11.6 Å². The molecule has 0 aliphatic carbocycles. The van der Waals surface area contributed by atoms with Gasteiger partial charge < -0.3 is 5.11 Å². The Morgan fingerprint density at radius 2 is 2.29 bits per heavy atom. The molecule has 0 fully saturated rings. The lowest BCUT2D eigenvalue weighted by atomic mass is 10.1. The van der Waals surface area contributed by atoms with Crippen molar-refractivity contribution in [3.63, 3.8) is 0 Å². The highest BCUT2D eigenvalue weighted by Gasteiger charge is 2.07. The summed E-state index contributed by atoms with van der Waals surface area (Å²) >= 11 is 6.09. The molecule has 0 radical (unpaired) electrons. The van der Waals surface area contributed by atoms with E-state index in [4.69, 9.17) is 22.0 Å². The van der Waals surface area contributed by atoms with E-state index >= 15 is 0 Å². The Labute approximate surface area is 107 Å². The number of aliphatic hydroxyl groups is 1. The van der Waals surface area contributed by atoms with Crippen LogP contribution in [0, 0.1) is 11.3 Å². The molecule has 1 N–H and O–H groups in total. The van der Waals surface area contributed by atoms with Crippen LogP contribution in [0.3, 0.4) is 0 Å². The predicted molar refractivity (Wildman–Crippen MR) is 68.7 cm³/mol. The quantitative estimate of drug-likeness (QED) is 0.788. The highest BCUT2D eigenvalue weighted by atomic mass is 35.5. The zero-order valence-electron chi connectivity index (χ0n) is 9.56. The summed E-state index contributed by atoms with van der Waals surface area (Å²) in [6.45, 7) is 5.67. The average Bonchev–Trinajstić information content (AvgIpc) is 2.32. The highest BCUT2D eigenvalue weighted by Crippen LogP contribution is 2.19. The second-order valence-electron chi connectivity index (χ2n) is 3.67. The molecule has 0 amide bonds. The van der Waals surface area contributed by atoms with Gasteiger partial charge in [0.25, 0.3) is 0 Å². The molecule has 0 spiro atoms. The van der Waals surface area contributed by atoms with Crippen LogP contribution in [0.5, 0.6) is 0 Å². The Kier molecular flexibility index (Phi) is 5.71. The molecule has 0 aliphatic heterocycles. The molecule has 0 unspecified atom stereocenters. The number of nitrogens with zero attached hydrogens (tertiary/aromatic N) is 2. The van der Waals surface area contributed by atoms with Crippen LogP contribution in [0.2, 0.25) is 5.02 Å². The van der Waals surface area contributed by atoms with Gasteiger partial charge in [0.15, 0.2) is 0 Å². The first-order chi connectivity index (χ1) is 8.21. The Hall–Kier alpha value is -1.34. The van der Waals surface area contributed by atoms with Gasteiger partial charge in [0.05, 0.1) is 18.2 Å². The molecule has 17 heavy (non-hydrogen) atoms. The molecule has 0 bridgehead atoms. The van der Waals surface area contributed by atoms with Gasteiger partial charge in [-0.05, 0) is 17.7 Å². The molecule has 3 nitrogen and oxygen atoms in total. The van der Waals surface area contributed by atoms with E-state index in [1.54, 1.807) is 18.2 Å². The molecule has 4 heteroatoms. The van der Waals surface area contributed by atoms with Crippen molar-refractivity contribution in [3.8, 4) is 6.07 Å². The SMILES string of the molecule is C=CCN(CCO)Cc1ccc(C#N)cc1Cl. The van der Waals surface area contributed by atoms with Crippen LogP contribution in [-0.2, 0) is 6.54 Å². The second kappa shape index (κ2) is 7.08. The zero-order chi connectivity index (χ0) is 12.7. The molecule has 90 valence electrons. The minimum atomic E-state index is 0.0989. The molecule has 0 heterocycles. The lowest BCUT2D eigenvalue weighted by molar-refractivity contribution is 0.203. The van der Waals surface area contributed by atoms with E-state index in [0.717, 1.165) is 5.56 Å². The molecule has 1 aromatic rings. The van der Waals surface area contributed by atoms with Crippen LogP contribution in [-0.4, -0.2) is 29.7 Å². The fourth-order valence-electron chi connectivity index (χ4n) is 1.54. The maximum absolute atomic E-state index is 8.94. The normalized spacial score (nSPS) is 10.2. The first-order valence-electron chi connectivity index (χ1n) is 5.34. The maximum atomic E-state index is 8.94. The van der Waals surface area contributed by atoms with Crippen molar-refractivity contribution in [2.45, 2.75) is 6.54 Å². The number of nitriles is 1. The van der Waals surface area contributed by atoms with Gasteiger partial charge in [-0.25, -0.2) is 0 Å². The van der Waals surface area contributed by atoms with E-state index in [0.29, 0.717) is 30.2 Å². The predicted octanol–water partition coefficient (Wildman–Crippen LogP) is 2.19. The molecule has 0 saturated carbocycles. The van der Waals surface area contributed by atoms with E-state index in [2.05, 4.69) is 6.58 Å². The molecule has 0 aromatic heterocycles. The first kappa shape index (κ1) is 13.7. The van der Waals surface area contributed by atoms with Gasteiger partial charge in [0, 0.05) is 24.7 Å². The topological polar surface area (TPSA) is 47.3 Å². The van der Waals surface area contributed by atoms with Crippen molar-refractivity contribution in [2.24, 2.45) is 0 Å². The first-order valence-corrected chi connectivity index (χ1v) is 5.71. The number of aliphatic hydroxyl groups excluding tert-OH is 1. The standard InChI is InChI=1S/C13H15ClN2O/c1-2-5-16(6-7-17)10-12-4-3-11(9-15)8-13(12)14/h2-4,8,17H,1,5-7,10H2. The second-order valence-corrected chi connectivity index (χ2v) is 4.07.